The Bertz CT molecular complexity index is 1060. The van der Waals surface area contributed by atoms with E-state index in [0.717, 1.165) is 0 Å². The number of benzene rings is 2. The Morgan fingerprint density at radius 3 is 2.59 bits per heavy atom. The highest BCUT2D eigenvalue weighted by atomic mass is 35.5. The zero-order chi connectivity index (χ0) is 23.1. The largest absolute Gasteiger partial charge is 0.497 e. The summed E-state index contributed by atoms with van der Waals surface area (Å²) < 4.78 is 22.6. The number of thioether (sulfide) groups is 1. The minimum atomic E-state index is -0.162. The zero-order valence-electron chi connectivity index (χ0n) is 17.6. The molecule has 1 heterocycles. The lowest BCUT2D eigenvalue weighted by Crippen LogP contribution is -2.27. The van der Waals surface area contributed by atoms with Gasteiger partial charge in [-0.1, -0.05) is 47.7 Å². The monoisotopic (exact) mass is 491 g/mol. The lowest BCUT2D eigenvalue weighted by atomic mass is 10.1. The highest BCUT2D eigenvalue weighted by Gasteiger charge is 2.31. The summed E-state index contributed by atoms with van der Waals surface area (Å²) in [5.74, 6) is 2.08. The number of carbonyl (C=O) groups is 1. The highest BCUT2D eigenvalue weighted by Crippen LogP contribution is 2.39. The van der Waals surface area contributed by atoms with E-state index >= 15 is 0 Å². The van der Waals surface area contributed by atoms with Crippen LogP contribution in [0.1, 0.15) is 5.56 Å². The van der Waals surface area contributed by atoms with Crippen LogP contribution in [0.3, 0.4) is 0 Å². The average Bonchev–Trinajstić information content (AvgIpc) is 3.05. The van der Waals surface area contributed by atoms with Crippen molar-refractivity contribution in [3.8, 4) is 23.0 Å². The summed E-state index contributed by atoms with van der Waals surface area (Å²) in [4.78, 5) is 14.5. The van der Waals surface area contributed by atoms with Crippen LogP contribution >= 0.6 is 35.6 Å². The maximum absolute atomic E-state index is 12.5. The van der Waals surface area contributed by atoms with Crippen molar-refractivity contribution in [2.24, 2.45) is 0 Å². The van der Waals surface area contributed by atoms with Gasteiger partial charge in [0, 0.05) is 12.6 Å². The predicted molar refractivity (Wildman–Crippen MR) is 132 cm³/mol. The summed E-state index contributed by atoms with van der Waals surface area (Å²) in [6.07, 6.45) is 3.37. The van der Waals surface area contributed by atoms with Gasteiger partial charge >= 0.3 is 0 Å². The molecule has 0 N–H and O–H groups in total. The maximum atomic E-state index is 12.5. The second-order valence-corrected chi connectivity index (χ2v) is 8.57. The number of methoxy groups -OCH3 is 2. The van der Waals surface area contributed by atoms with Crippen molar-refractivity contribution >= 4 is 51.9 Å². The van der Waals surface area contributed by atoms with E-state index in [9.17, 15) is 4.79 Å². The van der Waals surface area contributed by atoms with E-state index in [-0.39, 0.29) is 12.5 Å². The van der Waals surface area contributed by atoms with Gasteiger partial charge in [0.1, 0.15) is 29.0 Å². The van der Waals surface area contributed by atoms with Crippen LogP contribution in [0.15, 0.2) is 54.0 Å². The summed E-state index contributed by atoms with van der Waals surface area (Å²) in [5, 5.41) is 0.360. The van der Waals surface area contributed by atoms with E-state index in [2.05, 4.69) is 6.58 Å². The molecule has 1 fully saturated rings. The van der Waals surface area contributed by atoms with Crippen molar-refractivity contribution in [2.45, 2.75) is 0 Å². The molecular weight excluding hydrogens is 470 g/mol. The molecule has 1 saturated heterocycles. The lowest BCUT2D eigenvalue weighted by molar-refractivity contribution is -0.121. The van der Waals surface area contributed by atoms with E-state index in [4.69, 9.17) is 42.8 Å². The van der Waals surface area contributed by atoms with Gasteiger partial charge in [-0.25, -0.2) is 0 Å². The summed E-state index contributed by atoms with van der Waals surface area (Å²) in [5.41, 5.74) is 0.700. The first-order valence-corrected chi connectivity index (χ1v) is 11.2. The highest BCUT2D eigenvalue weighted by molar-refractivity contribution is 8.26. The van der Waals surface area contributed by atoms with Crippen molar-refractivity contribution in [1.29, 1.82) is 0 Å². The van der Waals surface area contributed by atoms with Crippen LogP contribution in [0, 0.1) is 0 Å². The number of halogens is 1. The SMILES string of the molecule is C=CCN1C(=O)/C(=C/c2cc(Cl)c(OCCOc3cccc(OC)c3)c(OC)c2)SC1=S. The number of hydrogen-bond donors (Lipinski definition) is 0. The average molecular weight is 492 g/mol. The summed E-state index contributed by atoms with van der Waals surface area (Å²) in [6, 6.07) is 10.8. The molecule has 1 aliphatic heterocycles. The van der Waals surface area contributed by atoms with E-state index in [0.29, 0.717) is 56.0 Å². The lowest BCUT2D eigenvalue weighted by Gasteiger charge is -2.14. The van der Waals surface area contributed by atoms with Gasteiger partial charge < -0.3 is 18.9 Å². The Balaban J connectivity index is 1.68. The van der Waals surface area contributed by atoms with Crippen molar-refractivity contribution in [3.63, 3.8) is 0 Å². The Morgan fingerprint density at radius 2 is 1.88 bits per heavy atom. The molecule has 0 aliphatic carbocycles. The van der Waals surface area contributed by atoms with Crippen molar-refractivity contribution in [1.82, 2.24) is 4.90 Å². The number of nitrogens with zero attached hydrogens (tertiary/aromatic N) is 1. The third-order valence-corrected chi connectivity index (χ3v) is 6.03. The molecule has 2 aromatic rings. The van der Waals surface area contributed by atoms with Crippen LogP contribution in [-0.2, 0) is 4.79 Å². The molecule has 3 rings (SSSR count). The third-order valence-electron chi connectivity index (χ3n) is 4.37. The number of hydrogen-bond acceptors (Lipinski definition) is 7. The molecule has 1 amide bonds. The van der Waals surface area contributed by atoms with Crippen molar-refractivity contribution in [3.05, 3.63) is 64.5 Å². The summed E-state index contributed by atoms with van der Waals surface area (Å²) in [6.45, 7) is 4.59. The molecule has 6 nitrogen and oxygen atoms in total. The Labute approximate surface area is 201 Å². The van der Waals surface area contributed by atoms with Crippen LogP contribution in [0.2, 0.25) is 5.02 Å². The van der Waals surface area contributed by atoms with E-state index in [1.54, 1.807) is 37.5 Å². The Morgan fingerprint density at radius 1 is 1.12 bits per heavy atom. The van der Waals surface area contributed by atoms with Crippen LogP contribution in [0.4, 0.5) is 0 Å². The molecule has 1 aliphatic rings. The van der Waals surface area contributed by atoms with Crippen molar-refractivity contribution in [2.75, 3.05) is 34.0 Å². The number of rotatable bonds is 10. The van der Waals surface area contributed by atoms with Crippen LogP contribution in [0.5, 0.6) is 23.0 Å². The van der Waals surface area contributed by atoms with Crippen molar-refractivity contribution < 1.29 is 23.7 Å². The van der Waals surface area contributed by atoms with Gasteiger partial charge in [0.25, 0.3) is 5.91 Å². The van der Waals surface area contributed by atoms with E-state index < -0.39 is 0 Å². The molecule has 32 heavy (non-hydrogen) atoms. The van der Waals surface area contributed by atoms with Gasteiger partial charge in [0.2, 0.25) is 0 Å². The Kier molecular flexibility index (Phi) is 8.44. The first-order chi connectivity index (χ1) is 15.5. The molecule has 0 unspecified atom stereocenters. The number of carbonyl (C=O) groups excluding carboxylic acids is 1. The van der Waals surface area contributed by atoms with Crippen LogP contribution < -0.4 is 18.9 Å². The minimum Gasteiger partial charge on any atom is -0.497 e. The van der Waals surface area contributed by atoms with E-state index in [1.165, 1.54) is 23.8 Å². The predicted octanol–water partition coefficient (Wildman–Crippen LogP) is 5.20. The summed E-state index contributed by atoms with van der Waals surface area (Å²) in [7, 11) is 3.13. The van der Waals surface area contributed by atoms with Gasteiger partial charge in [-0.2, -0.15) is 0 Å². The number of amides is 1. The third kappa shape index (κ3) is 5.76. The Hall–Kier alpha value is -2.68. The van der Waals surface area contributed by atoms with Gasteiger partial charge in [-0.3, -0.25) is 9.69 Å². The first-order valence-electron chi connectivity index (χ1n) is 9.60. The topological polar surface area (TPSA) is 57.2 Å². The molecule has 0 atom stereocenters. The second kappa shape index (κ2) is 11.3. The van der Waals surface area contributed by atoms with Gasteiger partial charge in [-0.15, -0.1) is 6.58 Å². The smallest absolute Gasteiger partial charge is 0.266 e. The number of ether oxygens (including phenoxy) is 4. The standard InChI is InChI=1S/C23H22ClNO5S2/c1-4-8-25-22(26)20(32-23(25)31)13-15-11-18(24)21(19(12-15)28-3)30-10-9-29-17-7-5-6-16(14-17)27-2/h4-7,11-14H,1,8-10H2,2-3H3/b20-13-. The second-order valence-electron chi connectivity index (χ2n) is 6.49. The molecule has 168 valence electrons. The molecule has 0 aromatic heterocycles. The van der Waals surface area contributed by atoms with Crippen LogP contribution in [-0.4, -0.2) is 49.1 Å². The zero-order valence-corrected chi connectivity index (χ0v) is 20.0. The molecule has 9 heteroatoms. The fourth-order valence-corrected chi connectivity index (χ4v) is 4.44. The van der Waals surface area contributed by atoms with Gasteiger partial charge in [-0.05, 0) is 35.9 Å². The molecule has 0 radical (unpaired) electrons. The normalized spacial score (nSPS) is 14.6. The quantitative estimate of drug-likeness (QED) is 0.196. The van der Waals surface area contributed by atoms with Gasteiger partial charge in [0.15, 0.2) is 11.5 Å². The summed E-state index contributed by atoms with van der Waals surface area (Å²) >= 11 is 13.0. The molecule has 0 bridgehead atoms. The van der Waals surface area contributed by atoms with Gasteiger partial charge in [0.05, 0.1) is 24.1 Å². The maximum Gasteiger partial charge on any atom is 0.266 e. The van der Waals surface area contributed by atoms with E-state index in [1.807, 2.05) is 18.2 Å². The molecular formula is C23H22ClNO5S2. The minimum absolute atomic E-state index is 0.162. The number of thiocarbonyl (C=S) groups is 1. The molecule has 2 aromatic carbocycles. The van der Waals surface area contributed by atoms with Crippen LogP contribution in [0.25, 0.3) is 6.08 Å². The fraction of sp³-hybridized carbons (Fsp3) is 0.217. The fourth-order valence-electron chi connectivity index (χ4n) is 2.90. The molecule has 0 saturated carbocycles. The first kappa shape index (κ1) is 24.0. The molecule has 0 spiro atoms.